The molecule has 4 aliphatic carbocycles. The number of phenols is 1. The van der Waals surface area contributed by atoms with Crippen molar-refractivity contribution in [1.29, 1.82) is 0 Å². The highest BCUT2D eigenvalue weighted by molar-refractivity contribution is 5.21. The number of benzene rings is 4. The number of methoxy groups -OCH3 is 5. The zero-order valence-corrected chi connectivity index (χ0v) is 68.1. The van der Waals surface area contributed by atoms with Crippen LogP contribution in [-0.4, -0.2) is 235 Å². The molecule has 9 rings (SSSR count). The van der Waals surface area contributed by atoms with E-state index < -0.39 is 30.5 Å². The molecule has 6 atom stereocenters. The summed E-state index contributed by atoms with van der Waals surface area (Å²) in [4.78, 5) is 0. The Morgan fingerprint density at radius 1 is 0.321 bits per heavy atom. The number of aromatic hydroxyl groups is 1. The maximum atomic E-state index is 9.79. The Labute approximate surface area is 645 Å². The normalized spacial score (nSPS) is 16.1. The van der Waals surface area contributed by atoms with E-state index >= 15 is 0 Å². The molecule has 5 fully saturated rings. The van der Waals surface area contributed by atoms with E-state index in [9.17, 15) is 5.11 Å². The molecule has 6 N–H and O–H groups in total. The molecule has 0 radical (unpaired) electrons. The molecule has 4 saturated carbocycles. The molecule has 106 heavy (non-hydrogen) atoms. The molecule has 20 nitrogen and oxygen atoms in total. The van der Waals surface area contributed by atoms with Crippen molar-refractivity contribution in [2.75, 3.05) is 168 Å². The lowest BCUT2D eigenvalue weighted by molar-refractivity contribution is -0.00357. The number of aliphatic hydroxyl groups is 5. The smallest absolute Gasteiger partial charge is 0.213 e. The Balaban J connectivity index is -0.000000544. The molecule has 20 heteroatoms. The monoisotopic (exact) mass is 1510 g/mol. The molecule has 4 aromatic rings. The second-order valence-electron chi connectivity index (χ2n) is 25.3. The van der Waals surface area contributed by atoms with Crippen molar-refractivity contribution in [3.63, 3.8) is 0 Å². The molecular formula is C86H155O20+. The van der Waals surface area contributed by atoms with Gasteiger partial charge in [-0.05, 0) is 103 Å². The van der Waals surface area contributed by atoms with E-state index in [2.05, 4.69) is 35.5 Å². The SMILES string of the molecule is C1CCC(COCC2CO2)CC1.C1CCCCC1.C1CCCCC1.CCOC.CCOCC(O)COC.CCOCC(O)COC.CCOCC(O)COC.CCOCC(O)COC.OC(COCC1CCCCC1)COc1ccccc1.Oc1ccccc1.[CH2+]OCC.c1ccccc1.c1ccccc1. The molecular weight excluding hydrogens is 1350 g/mol. The molecule has 5 aliphatic rings. The van der Waals surface area contributed by atoms with Crippen LogP contribution in [0.4, 0.5) is 0 Å². The van der Waals surface area contributed by atoms with Crippen molar-refractivity contribution < 1.29 is 97.0 Å². The first kappa shape index (κ1) is 108. The highest BCUT2D eigenvalue weighted by Crippen LogP contribution is 2.25. The number of hydrogen-bond donors (Lipinski definition) is 6. The molecule has 0 bridgehead atoms. The van der Waals surface area contributed by atoms with Gasteiger partial charge in [0, 0.05) is 81.8 Å². The Kier molecular flexibility index (Phi) is 94.7. The summed E-state index contributed by atoms with van der Waals surface area (Å²) in [5.74, 6) is 2.64. The first-order chi connectivity index (χ1) is 51.7. The zero-order chi connectivity index (χ0) is 78.9. The van der Waals surface area contributed by atoms with Crippen LogP contribution < -0.4 is 4.74 Å². The molecule has 1 saturated heterocycles. The van der Waals surface area contributed by atoms with Crippen LogP contribution in [0.1, 0.15) is 183 Å². The van der Waals surface area contributed by atoms with Gasteiger partial charge in [-0.15, -0.1) is 0 Å². The van der Waals surface area contributed by atoms with E-state index in [4.69, 9.17) is 63.4 Å². The minimum Gasteiger partial charge on any atom is -0.508 e. The van der Waals surface area contributed by atoms with Crippen LogP contribution >= 0.6 is 0 Å². The predicted molar refractivity (Wildman–Crippen MR) is 431 cm³/mol. The molecule has 1 aliphatic heterocycles. The molecule has 0 aromatic heterocycles. The first-order valence-corrected chi connectivity index (χ1v) is 39.5. The fourth-order valence-corrected chi connectivity index (χ4v) is 9.66. The number of para-hydroxylation sites is 2. The maximum Gasteiger partial charge on any atom is 0.213 e. The van der Waals surface area contributed by atoms with Gasteiger partial charge in [0.1, 0.15) is 54.7 Å². The van der Waals surface area contributed by atoms with Crippen LogP contribution in [0.15, 0.2) is 133 Å². The van der Waals surface area contributed by atoms with E-state index in [1.54, 1.807) is 59.8 Å². The minimum atomic E-state index is -0.552. The van der Waals surface area contributed by atoms with Gasteiger partial charge in [0.15, 0.2) is 0 Å². The van der Waals surface area contributed by atoms with Crippen LogP contribution in [-0.2, 0) is 61.6 Å². The number of epoxide rings is 1. The van der Waals surface area contributed by atoms with Crippen LogP contribution in [0.5, 0.6) is 11.5 Å². The van der Waals surface area contributed by atoms with Gasteiger partial charge in [0.05, 0.1) is 79.3 Å². The van der Waals surface area contributed by atoms with Crippen molar-refractivity contribution in [1.82, 2.24) is 0 Å². The standard InChI is InChI=1S/C16H24O3.C10H18O2.4C6H14O3.C6H6O.2C6H12.2C6H6.C3H8O.C3H7O/c17-15(13-19-16-9-5-2-6-10-16)12-18-11-14-7-3-1-4-8-14;1-2-4-9(5-3-1)6-11-7-10-8-12-10;4*1-3-9-5-6(7)4-8-2;7-6-4-2-1-3-5-6;4*1-2-4-6-5-3-1;2*1-3-4-2/h2,5-6,9-10,14-15,17H,1,3-4,7-8,11-13H2;9-10H,1-8H2;4*6-7H,3-5H2,1-2H3;1-5,7H;2*1-6H2;2*1-6H;3H2,1-2H3;2-3H2,1H3/q;;;;;;;;;;;;+1. The summed E-state index contributed by atoms with van der Waals surface area (Å²) in [6.07, 6.45) is 29.6. The van der Waals surface area contributed by atoms with Crippen molar-refractivity contribution in [3.8, 4) is 11.5 Å². The van der Waals surface area contributed by atoms with Crippen molar-refractivity contribution in [2.24, 2.45) is 11.8 Å². The van der Waals surface area contributed by atoms with Crippen LogP contribution in [0.25, 0.3) is 0 Å². The summed E-state index contributed by atoms with van der Waals surface area (Å²) < 4.78 is 68.9. The quantitative estimate of drug-likeness (QED) is 0.0191. The van der Waals surface area contributed by atoms with Gasteiger partial charge in [0.2, 0.25) is 7.11 Å². The topological polar surface area (TPSA) is 254 Å². The van der Waals surface area contributed by atoms with Gasteiger partial charge >= 0.3 is 0 Å². The minimum absolute atomic E-state index is 0.286. The van der Waals surface area contributed by atoms with Gasteiger partial charge < -0.3 is 92.2 Å². The number of aliphatic hydroxyl groups excluding tert-OH is 5. The summed E-state index contributed by atoms with van der Waals surface area (Å²) in [6, 6.07) is 42.3. The van der Waals surface area contributed by atoms with Crippen LogP contribution in [0.3, 0.4) is 0 Å². The Morgan fingerprint density at radius 2 is 0.566 bits per heavy atom. The van der Waals surface area contributed by atoms with Crippen molar-refractivity contribution >= 4 is 0 Å². The summed E-state index contributed by atoms with van der Waals surface area (Å²) >= 11 is 0. The van der Waals surface area contributed by atoms with Crippen LogP contribution in [0, 0.1) is 18.9 Å². The molecule has 0 amide bonds. The van der Waals surface area contributed by atoms with Gasteiger partial charge in [-0.2, -0.15) is 4.74 Å². The second kappa shape index (κ2) is 93.0. The lowest BCUT2D eigenvalue weighted by Gasteiger charge is -2.22. The van der Waals surface area contributed by atoms with Crippen molar-refractivity contribution in [2.45, 2.75) is 219 Å². The fourth-order valence-electron chi connectivity index (χ4n) is 9.66. The third kappa shape index (κ3) is 93.8. The third-order valence-corrected chi connectivity index (χ3v) is 15.4. The zero-order valence-electron chi connectivity index (χ0n) is 68.1. The van der Waals surface area contributed by atoms with Gasteiger partial charge in [0.25, 0.3) is 0 Å². The highest BCUT2D eigenvalue weighted by Gasteiger charge is 2.23. The Hall–Kier alpha value is -4.37. The van der Waals surface area contributed by atoms with Crippen LogP contribution in [0.2, 0.25) is 0 Å². The largest absolute Gasteiger partial charge is 0.508 e. The van der Waals surface area contributed by atoms with E-state index in [1.807, 2.05) is 151 Å². The lowest BCUT2D eigenvalue weighted by atomic mass is 9.90. The molecule has 0 spiro atoms. The first-order valence-electron chi connectivity index (χ1n) is 39.5. The summed E-state index contributed by atoms with van der Waals surface area (Å²) in [5, 5.41) is 54.1. The maximum absolute atomic E-state index is 9.79. The number of ether oxygens (including phenoxy) is 14. The Bertz CT molecular complexity index is 1900. The van der Waals surface area contributed by atoms with E-state index in [0.29, 0.717) is 110 Å². The second-order valence-corrected chi connectivity index (χ2v) is 25.3. The number of phenolic OH excluding ortho intramolecular Hbond substituents is 1. The summed E-state index contributed by atoms with van der Waals surface area (Å²) in [5.41, 5.74) is 0. The fraction of sp³-hybridized carbons (Fsp3) is 0.709. The van der Waals surface area contributed by atoms with Gasteiger partial charge in [-0.25, -0.2) is 0 Å². The van der Waals surface area contributed by atoms with E-state index in [-0.39, 0.29) is 6.61 Å². The third-order valence-electron chi connectivity index (χ3n) is 15.4. The van der Waals surface area contributed by atoms with E-state index in [1.165, 1.54) is 141 Å². The predicted octanol–water partition coefficient (Wildman–Crippen LogP) is 16.0. The molecule has 1 heterocycles. The number of rotatable bonds is 33. The molecule has 4 aromatic carbocycles. The average Bonchev–Trinajstić information content (AvgIpc) is 1.78. The van der Waals surface area contributed by atoms with Gasteiger partial charge in [-0.1, -0.05) is 225 Å². The summed E-state index contributed by atoms with van der Waals surface area (Å²) in [6.45, 7) is 22.5. The van der Waals surface area contributed by atoms with Gasteiger partial charge in [-0.3, -0.25) is 0 Å². The van der Waals surface area contributed by atoms with Crippen molar-refractivity contribution in [3.05, 3.63) is 141 Å². The van der Waals surface area contributed by atoms with E-state index in [0.717, 1.165) is 44.7 Å². The summed E-state index contributed by atoms with van der Waals surface area (Å²) in [7, 11) is 11.0. The molecule has 618 valence electrons. The molecule has 6 unspecified atom stereocenters. The highest BCUT2D eigenvalue weighted by atomic mass is 16.6. The lowest BCUT2D eigenvalue weighted by Crippen LogP contribution is -2.25. The number of hydrogen-bond acceptors (Lipinski definition) is 20. The average molecular weight is 1510 g/mol. The Morgan fingerprint density at radius 3 is 0.802 bits per heavy atom.